The van der Waals surface area contributed by atoms with Crippen LogP contribution in [0.2, 0.25) is 0 Å². The molecule has 7 rings (SSSR count). The van der Waals surface area contributed by atoms with E-state index in [0.29, 0.717) is 30.2 Å². The second-order valence-corrected chi connectivity index (χ2v) is 12.1. The molecule has 2 saturated heterocycles. The van der Waals surface area contributed by atoms with Crippen molar-refractivity contribution in [2.75, 3.05) is 4.90 Å². The number of carboxylic acid groups (broad SMARTS) is 1. The summed E-state index contributed by atoms with van der Waals surface area (Å²) in [4.78, 5) is 19.0. The molecule has 2 aliphatic heterocycles. The summed E-state index contributed by atoms with van der Waals surface area (Å²) in [5, 5.41) is 15.0. The molecule has 3 aliphatic rings. The van der Waals surface area contributed by atoms with Crippen molar-refractivity contribution in [2.24, 2.45) is 0 Å². The summed E-state index contributed by atoms with van der Waals surface area (Å²) in [5.74, 6) is 0.585. The van der Waals surface area contributed by atoms with Crippen LogP contribution in [0.5, 0.6) is 0 Å². The molecule has 7 nitrogen and oxygen atoms in total. The van der Waals surface area contributed by atoms with E-state index in [2.05, 4.69) is 41.2 Å². The van der Waals surface area contributed by atoms with Crippen LogP contribution in [0.25, 0.3) is 21.5 Å². The zero-order valence-electron chi connectivity index (χ0n) is 21.6. The first kappa shape index (κ1) is 23.9. The van der Waals surface area contributed by atoms with Crippen LogP contribution in [0.1, 0.15) is 77.3 Å². The number of anilines is 1. The molecule has 2 bridgehead atoms. The van der Waals surface area contributed by atoms with Crippen molar-refractivity contribution < 1.29 is 19.2 Å². The van der Waals surface area contributed by atoms with Crippen LogP contribution in [0.15, 0.2) is 40.9 Å². The smallest absolute Gasteiger partial charge is 0.335 e. The van der Waals surface area contributed by atoms with E-state index in [0.717, 1.165) is 82.0 Å². The third kappa shape index (κ3) is 4.10. The number of nitrogens with zero attached hydrogens (tertiary/aromatic N) is 3. The van der Waals surface area contributed by atoms with Crippen LogP contribution < -0.4 is 4.90 Å². The van der Waals surface area contributed by atoms with E-state index < -0.39 is 5.97 Å². The average molecular weight is 530 g/mol. The Bertz CT molecular complexity index is 1520. The number of hydrogen-bond acceptors (Lipinski definition) is 7. The van der Waals surface area contributed by atoms with Crippen LogP contribution in [-0.4, -0.2) is 39.4 Å². The zero-order chi connectivity index (χ0) is 26.0. The van der Waals surface area contributed by atoms with Crippen LogP contribution in [0.4, 0.5) is 5.13 Å². The van der Waals surface area contributed by atoms with Gasteiger partial charge in [-0.15, -0.1) is 0 Å². The number of piperidine rings is 1. The number of rotatable bonds is 7. The number of aryl methyl sites for hydroxylation is 2. The fourth-order valence-corrected chi connectivity index (χ4v) is 7.60. The number of benzene rings is 2. The summed E-state index contributed by atoms with van der Waals surface area (Å²) in [6, 6.07) is 12.6. The topological polar surface area (TPSA) is 88.7 Å². The highest BCUT2D eigenvalue weighted by Gasteiger charge is 2.43. The van der Waals surface area contributed by atoms with E-state index in [1.807, 2.05) is 6.92 Å². The minimum absolute atomic E-state index is 0.185. The summed E-state index contributed by atoms with van der Waals surface area (Å²) >= 11 is 1.61. The molecule has 2 aromatic heterocycles. The van der Waals surface area contributed by atoms with E-state index in [1.54, 1.807) is 23.5 Å². The fourth-order valence-electron chi connectivity index (χ4n) is 6.37. The van der Waals surface area contributed by atoms with Crippen molar-refractivity contribution in [1.29, 1.82) is 0 Å². The lowest BCUT2D eigenvalue weighted by molar-refractivity contribution is 0.0147. The molecule has 0 spiro atoms. The Morgan fingerprint density at radius 2 is 1.87 bits per heavy atom. The van der Waals surface area contributed by atoms with Crippen molar-refractivity contribution in [3.05, 3.63) is 64.4 Å². The van der Waals surface area contributed by atoms with E-state index in [9.17, 15) is 9.90 Å². The second-order valence-electron chi connectivity index (χ2n) is 11.1. The molecule has 0 unspecified atom stereocenters. The molecule has 8 heteroatoms. The highest BCUT2D eigenvalue weighted by molar-refractivity contribution is 7.22. The van der Waals surface area contributed by atoms with Crippen LogP contribution in [-0.2, 0) is 11.3 Å². The zero-order valence-corrected chi connectivity index (χ0v) is 22.5. The van der Waals surface area contributed by atoms with Crippen molar-refractivity contribution in [3.63, 3.8) is 0 Å². The molecular formula is C30H31N3O4S. The standard InChI is InChI=1S/C30H31N3O4S/c1-16-5-3-4-6-23(16)27-24(28(37-32-27)18-7-8-18)15-36-22-13-20-9-10-21(14-22)33(20)30-31-26-17(2)11-19(29(34)35)12-25(26)38-30/h3-6,11-12,18,20-22H,7-10,13-15H2,1-2H3,(H,34,35)/t20-,21+,22-. The minimum atomic E-state index is -0.897. The van der Waals surface area contributed by atoms with Gasteiger partial charge >= 0.3 is 5.97 Å². The Kier molecular flexibility index (Phi) is 5.78. The van der Waals surface area contributed by atoms with Gasteiger partial charge in [-0.05, 0) is 75.6 Å². The van der Waals surface area contributed by atoms with Gasteiger partial charge in [0.25, 0.3) is 0 Å². The van der Waals surface area contributed by atoms with Crippen molar-refractivity contribution in [2.45, 2.75) is 83.1 Å². The second kappa shape index (κ2) is 9.20. The van der Waals surface area contributed by atoms with Gasteiger partial charge in [0.15, 0.2) is 5.13 Å². The van der Waals surface area contributed by atoms with Gasteiger partial charge in [0.05, 0.1) is 28.5 Å². The summed E-state index contributed by atoms with van der Waals surface area (Å²) in [6.45, 7) is 4.59. The molecule has 3 atom stereocenters. The maximum atomic E-state index is 11.5. The third-order valence-corrected chi connectivity index (χ3v) is 9.48. The quantitative estimate of drug-likeness (QED) is 0.280. The number of carbonyl (C=O) groups is 1. The number of aromatic carboxylic acids is 1. The van der Waals surface area contributed by atoms with E-state index >= 15 is 0 Å². The first-order chi connectivity index (χ1) is 18.5. The average Bonchev–Trinajstić information content (AvgIpc) is 3.41. The molecule has 4 heterocycles. The van der Waals surface area contributed by atoms with Gasteiger partial charge in [0, 0.05) is 29.1 Å². The SMILES string of the molecule is Cc1ccccc1-c1noc(C2CC2)c1CO[C@@H]1C[C@H]2CC[C@@H](C1)N2c1nc2c(C)cc(C(=O)O)cc2s1. The Balaban J connectivity index is 1.10. The van der Waals surface area contributed by atoms with Gasteiger partial charge < -0.3 is 19.3 Å². The lowest BCUT2D eigenvalue weighted by Gasteiger charge is -2.38. The van der Waals surface area contributed by atoms with Gasteiger partial charge in [0.2, 0.25) is 0 Å². The summed E-state index contributed by atoms with van der Waals surface area (Å²) in [7, 11) is 0. The van der Waals surface area contributed by atoms with Crippen molar-refractivity contribution >= 4 is 32.7 Å². The lowest BCUT2D eigenvalue weighted by Crippen LogP contribution is -2.45. The number of carboxylic acids is 1. The van der Waals surface area contributed by atoms with E-state index in [-0.39, 0.29) is 6.10 Å². The monoisotopic (exact) mass is 529 g/mol. The molecule has 0 amide bonds. The lowest BCUT2D eigenvalue weighted by atomic mass is 9.99. The molecule has 1 N–H and O–H groups in total. The molecule has 196 valence electrons. The van der Waals surface area contributed by atoms with E-state index in [4.69, 9.17) is 14.2 Å². The highest BCUT2D eigenvalue weighted by atomic mass is 32.1. The molecular weight excluding hydrogens is 498 g/mol. The molecule has 0 radical (unpaired) electrons. The van der Waals surface area contributed by atoms with Crippen molar-refractivity contribution in [3.8, 4) is 11.3 Å². The molecule has 38 heavy (non-hydrogen) atoms. The first-order valence-electron chi connectivity index (χ1n) is 13.5. The Labute approximate surface area is 225 Å². The van der Waals surface area contributed by atoms with Crippen molar-refractivity contribution in [1.82, 2.24) is 10.1 Å². The Hall–Kier alpha value is -3.23. The Morgan fingerprint density at radius 1 is 1.11 bits per heavy atom. The van der Waals surface area contributed by atoms with Gasteiger partial charge in [-0.3, -0.25) is 0 Å². The number of ether oxygens (including phenoxy) is 1. The van der Waals surface area contributed by atoms with Crippen LogP contribution in [0, 0.1) is 13.8 Å². The largest absolute Gasteiger partial charge is 0.478 e. The fraction of sp³-hybridized carbons (Fsp3) is 0.433. The number of thiazole rings is 1. The number of fused-ring (bicyclic) bond motifs is 3. The molecule has 1 saturated carbocycles. The summed E-state index contributed by atoms with van der Waals surface area (Å²) < 4.78 is 13.4. The maximum Gasteiger partial charge on any atom is 0.335 e. The minimum Gasteiger partial charge on any atom is -0.478 e. The van der Waals surface area contributed by atoms with E-state index in [1.165, 1.54) is 5.56 Å². The Morgan fingerprint density at radius 3 is 2.58 bits per heavy atom. The predicted octanol–water partition coefficient (Wildman–Crippen LogP) is 6.86. The van der Waals surface area contributed by atoms with Crippen LogP contribution in [0.3, 0.4) is 0 Å². The molecule has 2 aromatic carbocycles. The van der Waals surface area contributed by atoms with Gasteiger partial charge in [-0.25, -0.2) is 9.78 Å². The number of aromatic nitrogens is 2. The molecule has 3 fully saturated rings. The predicted molar refractivity (Wildman–Crippen MR) is 147 cm³/mol. The molecule has 1 aliphatic carbocycles. The normalized spacial score (nSPS) is 22.9. The van der Waals surface area contributed by atoms with Gasteiger partial charge in [0.1, 0.15) is 11.5 Å². The first-order valence-corrected chi connectivity index (χ1v) is 14.4. The highest BCUT2D eigenvalue weighted by Crippen LogP contribution is 2.46. The maximum absolute atomic E-state index is 11.5. The summed E-state index contributed by atoms with van der Waals surface area (Å²) in [5.41, 5.74) is 6.51. The third-order valence-electron chi connectivity index (χ3n) is 8.46. The van der Waals surface area contributed by atoms with Gasteiger partial charge in [-0.2, -0.15) is 0 Å². The number of hydrogen-bond donors (Lipinski definition) is 1. The summed E-state index contributed by atoms with van der Waals surface area (Å²) in [6.07, 6.45) is 6.71. The van der Waals surface area contributed by atoms with Crippen LogP contribution >= 0.6 is 11.3 Å². The van der Waals surface area contributed by atoms with Gasteiger partial charge in [-0.1, -0.05) is 40.8 Å². The molecule has 4 aromatic rings.